The van der Waals surface area contributed by atoms with Crippen LogP contribution in [0, 0.1) is 5.92 Å². The van der Waals surface area contributed by atoms with E-state index in [1.54, 1.807) is 0 Å². The van der Waals surface area contributed by atoms with Crippen molar-refractivity contribution in [2.75, 3.05) is 6.61 Å². The first-order valence-electron chi connectivity index (χ1n) is 5.52. The predicted molar refractivity (Wildman–Crippen MR) is 51.6 cm³/mol. The lowest BCUT2D eigenvalue weighted by Crippen LogP contribution is -2.39. The second-order valence-electron chi connectivity index (χ2n) is 4.84. The first-order chi connectivity index (χ1) is 6.18. The molecule has 1 aliphatic carbocycles. The lowest BCUT2D eigenvalue weighted by Gasteiger charge is -2.35. The van der Waals surface area contributed by atoms with E-state index in [1.807, 2.05) is 0 Å². The average Bonchev–Trinajstić information content (AvgIpc) is 2.83. The maximum atomic E-state index is 10.2. The number of ether oxygens (including phenoxy) is 1. The fourth-order valence-corrected chi connectivity index (χ4v) is 2.25. The van der Waals surface area contributed by atoms with Gasteiger partial charge < -0.3 is 9.84 Å². The first-order valence-corrected chi connectivity index (χ1v) is 5.52. The minimum Gasteiger partial charge on any atom is -0.390 e. The SMILES string of the molecule is CC1CC(O)(CCC2CC2)CCO1. The molecule has 2 unspecified atom stereocenters. The van der Waals surface area contributed by atoms with Crippen molar-refractivity contribution in [3.63, 3.8) is 0 Å². The molecule has 1 aliphatic heterocycles. The monoisotopic (exact) mass is 184 g/mol. The van der Waals surface area contributed by atoms with Crippen molar-refractivity contribution in [3.8, 4) is 0 Å². The molecular weight excluding hydrogens is 164 g/mol. The molecule has 0 bridgehead atoms. The highest BCUT2D eigenvalue weighted by molar-refractivity contribution is 4.86. The normalized spacial score (nSPS) is 40.6. The van der Waals surface area contributed by atoms with Crippen molar-refractivity contribution in [2.24, 2.45) is 5.92 Å². The van der Waals surface area contributed by atoms with Gasteiger partial charge in [0.2, 0.25) is 0 Å². The summed E-state index contributed by atoms with van der Waals surface area (Å²) < 4.78 is 5.44. The zero-order valence-corrected chi connectivity index (χ0v) is 8.46. The smallest absolute Gasteiger partial charge is 0.0694 e. The maximum absolute atomic E-state index is 10.2. The number of hydrogen-bond donors (Lipinski definition) is 1. The van der Waals surface area contributed by atoms with Gasteiger partial charge >= 0.3 is 0 Å². The van der Waals surface area contributed by atoms with Crippen LogP contribution in [-0.4, -0.2) is 23.4 Å². The standard InChI is InChI=1S/C11H20O2/c1-9-8-11(12,6-7-13-9)5-4-10-2-3-10/h9-10,12H,2-8H2,1H3. The Morgan fingerprint density at radius 2 is 2.23 bits per heavy atom. The maximum Gasteiger partial charge on any atom is 0.0694 e. The van der Waals surface area contributed by atoms with Gasteiger partial charge in [0.25, 0.3) is 0 Å². The number of hydrogen-bond acceptors (Lipinski definition) is 2. The van der Waals surface area contributed by atoms with Crippen LogP contribution in [0.15, 0.2) is 0 Å². The molecule has 2 atom stereocenters. The highest BCUT2D eigenvalue weighted by atomic mass is 16.5. The molecule has 1 N–H and O–H groups in total. The molecule has 0 amide bonds. The molecule has 0 spiro atoms. The fourth-order valence-electron chi connectivity index (χ4n) is 2.25. The summed E-state index contributed by atoms with van der Waals surface area (Å²) in [5, 5.41) is 10.2. The van der Waals surface area contributed by atoms with Crippen LogP contribution in [0.2, 0.25) is 0 Å². The summed E-state index contributed by atoms with van der Waals surface area (Å²) in [4.78, 5) is 0. The topological polar surface area (TPSA) is 29.5 Å². The second-order valence-corrected chi connectivity index (χ2v) is 4.84. The van der Waals surface area contributed by atoms with Crippen molar-refractivity contribution in [1.29, 1.82) is 0 Å². The number of rotatable bonds is 3. The Morgan fingerprint density at radius 3 is 2.85 bits per heavy atom. The summed E-state index contributed by atoms with van der Waals surface area (Å²) in [6, 6.07) is 0. The zero-order valence-electron chi connectivity index (χ0n) is 8.46. The van der Waals surface area contributed by atoms with Crippen LogP contribution in [-0.2, 0) is 4.74 Å². The quantitative estimate of drug-likeness (QED) is 0.728. The summed E-state index contributed by atoms with van der Waals surface area (Å²) in [5.41, 5.74) is -0.403. The highest BCUT2D eigenvalue weighted by Crippen LogP contribution is 2.38. The molecule has 0 aromatic rings. The van der Waals surface area contributed by atoms with Gasteiger partial charge in [0.15, 0.2) is 0 Å². The molecule has 0 aromatic heterocycles. The van der Waals surface area contributed by atoms with Gasteiger partial charge in [0, 0.05) is 13.0 Å². The van der Waals surface area contributed by atoms with Crippen LogP contribution in [0.5, 0.6) is 0 Å². The molecule has 1 saturated heterocycles. The molecule has 76 valence electrons. The van der Waals surface area contributed by atoms with E-state index < -0.39 is 5.60 Å². The van der Waals surface area contributed by atoms with E-state index in [-0.39, 0.29) is 6.10 Å². The highest BCUT2D eigenvalue weighted by Gasteiger charge is 2.34. The van der Waals surface area contributed by atoms with Gasteiger partial charge in [-0.25, -0.2) is 0 Å². The minimum atomic E-state index is -0.403. The molecule has 2 aliphatic rings. The Balaban J connectivity index is 1.78. The molecule has 2 nitrogen and oxygen atoms in total. The third-order valence-electron chi connectivity index (χ3n) is 3.35. The summed E-state index contributed by atoms with van der Waals surface area (Å²) in [5.74, 6) is 0.933. The van der Waals surface area contributed by atoms with Crippen LogP contribution in [0.3, 0.4) is 0 Å². The Kier molecular flexibility index (Phi) is 2.61. The van der Waals surface area contributed by atoms with Gasteiger partial charge in [-0.05, 0) is 32.1 Å². The molecule has 2 fully saturated rings. The molecule has 1 heterocycles. The van der Waals surface area contributed by atoms with Gasteiger partial charge in [-0.3, -0.25) is 0 Å². The molecule has 2 heteroatoms. The van der Waals surface area contributed by atoms with E-state index in [2.05, 4.69) is 6.92 Å². The minimum absolute atomic E-state index is 0.248. The summed E-state index contributed by atoms with van der Waals surface area (Å²) in [6.07, 6.45) is 6.92. The lowest BCUT2D eigenvalue weighted by atomic mass is 9.86. The van der Waals surface area contributed by atoms with E-state index in [0.717, 1.165) is 31.8 Å². The van der Waals surface area contributed by atoms with E-state index >= 15 is 0 Å². The molecular formula is C11H20O2. The zero-order chi connectivity index (χ0) is 9.31. The molecule has 0 radical (unpaired) electrons. The Morgan fingerprint density at radius 1 is 1.46 bits per heavy atom. The Bertz CT molecular complexity index is 177. The van der Waals surface area contributed by atoms with Crippen molar-refractivity contribution < 1.29 is 9.84 Å². The summed E-state index contributed by atoms with van der Waals surface area (Å²) in [7, 11) is 0. The summed E-state index contributed by atoms with van der Waals surface area (Å²) >= 11 is 0. The Hall–Kier alpha value is -0.0800. The van der Waals surface area contributed by atoms with Crippen LogP contribution < -0.4 is 0 Å². The molecule has 1 saturated carbocycles. The lowest BCUT2D eigenvalue weighted by molar-refractivity contribution is -0.102. The average molecular weight is 184 g/mol. The molecule has 13 heavy (non-hydrogen) atoms. The van der Waals surface area contributed by atoms with Crippen molar-refractivity contribution in [2.45, 2.75) is 57.2 Å². The van der Waals surface area contributed by atoms with Gasteiger partial charge in [-0.15, -0.1) is 0 Å². The molecule has 0 aromatic carbocycles. The Labute approximate surface area is 80.3 Å². The van der Waals surface area contributed by atoms with Gasteiger partial charge in [-0.2, -0.15) is 0 Å². The second kappa shape index (κ2) is 3.58. The van der Waals surface area contributed by atoms with E-state index in [9.17, 15) is 5.11 Å². The fraction of sp³-hybridized carbons (Fsp3) is 1.00. The third-order valence-corrected chi connectivity index (χ3v) is 3.35. The van der Waals surface area contributed by atoms with E-state index in [0.29, 0.717) is 0 Å². The van der Waals surface area contributed by atoms with Gasteiger partial charge in [0.1, 0.15) is 0 Å². The first kappa shape index (κ1) is 9.47. The third kappa shape index (κ3) is 2.68. The van der Waals surface area contributed by atoms with Crippen LogP contribution >= 0.6 is 0 Å². The van der Waals surface area contributed by atoms with Crippen LogP contribution in [0.1, 0.15) is 45.4 Å². The molecule has 2 rings (SSSR count). The largest absolute Gasteiger partial charge is 0.390 e. The summed E-state index contributed by atoms with van der Waals surface area (Å²) in [6.45, 7) is 2.80. The predicted octanol–water partition coefficient (Wildman–Crippen LogP) is 2.11. The number of aliphatic hydroxyl groups is 1. The van der Waals surface area contributed by atoms with Gasteiger partial charge in [0.05, 0.1) is 11.7 Å². The van der Waals surface area contributed by atoms with Crippen LogP contribution in [0.4, 0.5) is 0 Å². The van der Waals surface area contributed by atoms with Crippen molar-refractivity contribution >= 4 is 0 Å². The van der Waals surface area contributed by atoms with E-state index in [4.69, 9.17) is 4.74 Å². The van der Waals surface area contributed by atoms with Crippen LogP contribution in [0.25, 0.3) is 0 Å². The van der Waals surface area contributed by atoms with Crippen molar-refractivity contribution in [1.82, 2.24) is 0 Å². The van der Waals surface area contributed by atoms with Gasteiger partial charge in [-0.1, -0.05) is 12.8 Å². The van der Waals surface area contributed by atoms with Crippen molar-refractivity contribution in [3.05, 3.63) is 0 Å². The van der Waals surface area contributed by atoms with E-state index in [1.165, 1.54) is 19.3 Å².